The van der Waals surface area contributed by atoms with E-state index < -0.39 is 0 Å². The van der Waals surface area contributed by atoms with Gasteiger partial charge in [-0.3, -0.25) is 4.79 Å². The normalized spacial score (nSPS) is 24.7. The van der Waals surface area contributed by atoms with Gasteiger partial charge in [-0.25, -0.2) is 0 Å². The van der Waals surface area contributed by atoms with Gasteiger partial charge in [0, 0.05) is 13.0 Å². The van der Waals surface area contributed by atoms with Crippen molar-refractivity contribution in [3.63, 3.8) is 0 Å². The molecule has 0 N–H and O–H groups in total. The SMILES string of the molecule is CCCCC[C@@H](CCC1=C2Cc3cccc(C)c3CC2CC1=O)OC1CCCCO1. The largest absolute Gasteiger partial charge is 0.353 e. The van der Waals surface area contributed by atoms with Crippen molar-refractivity contribution < 1.29 is 14.3 Å². The molecule has 30 heavy (non-hydrogen) atoms. The number of allylic oxidation sites excluding steroid dienone is 2. The third-order valence-electron chi connectivity index (χ3n) is 7.32. The molecule has 3 atom stereocenters. The molecule has 2 aliphatic carbocycles. The molecule has 0 saturated carbocycles. The van der Waals surface area contributed by atoms with E-state index in [0.29, 0.717) is 18.1 Å². The van der Waals surface area contributed by atoms with E-state index in [9.17, 15) is 4.79 Å². The molecule has 3 aliphatic rings. The summed E-state index contributed by atoms with van der Waals surface area (Å²) in [4.78, 5) is 12.9. The Hall–Kier alpha value is -1.45. The second kappa shape index (κ2) is 10.2. The molecule has 3 heteroatoms. The molecule has 3 nitrogen and oxygen atoms in total. The van der Waals surface area contributed by atoms with Gasteiger partial charge in [-0.05, 0) is 86.5 Å². The van der Waals surface area contributed by atoms with Crippen LogP contribution >= 0.6 is 0 Å². The molecule has 0 spiro atoms. The number of ether oxygens (including phenoxy) is 2. The van der Waals surface area contributed by atoms with E-state index >= 15 is 0 Å². The van der Waals surface area contributed by atoms with Crippen molar-refractivity contribution in [1.29, 1.82) is 0 Å². The minimum atomic E-state index is -0.0420. The fourth-order valence-corrected chi connectivity index (χ4v) is 5.56. The first-order valence-electron chi connectivity index (χ1n) is 12.2. The molecule has 1 saturated heterocycles. The highest BCUT2D eigenvalue weighted by molar-refractivity contribution is 5.99. The molecular weight excluding hydrogens is 372 g/mol. The third kappa shape index (κ3) is 5.06. The van der Waals surface area contributed by atoms with Crippen LogP contribution in [-0.4, -0.2) is 24.8 Å². The summed E-state index contributed by atoms with van der Waals surface area (Å²) < 4.78 is 12.2. The van der Waals surface area contributed by atoms with E-state index in [1.807, 2.05) is 0 Å². The van der Waals surface area contributed by atoms with Gasteiger partial charge in [-0.2, -0.15) is 0 Å². The summed E-state index contributed by atoms with van der Waals surface area (Å²) in [5.41, 5.74) is 6.85. The van der Waals surface area contributed by atoms with E-state index in [2.05, 4.69) is 32.0 Å². The highest BCUT2D eigenvalue weighted by Gasteiger charge is 2.36. The first kappa shape index (κ1) is 21.8. The number of Topliss-reactive ketones (excluding diaryl/α,β-unsaturated/α-hetero) is 1. The maximum Gasteiger partial charge on any atom is 0.159 e. The molecule has 0 bridgehead atoms. The second-order valence-corrected chi connectivity index (χ2v) is 9.51. The van der Waals surface area contributed by atoms with E-state index in [0.717, 1.165) is 57.1 Å². The summed E-state index contributed by atoms with van der Waals surface area (Å²) in [5, 5.41) is 0. The van der Waals surface area contributed by atoms with E-state index in [1.165, 1.54) is 47.9 Å². The van der Waals surface area contributed by atoms with Crippen LogP contribution in [0.1, 0.15) is 87.8 Å². The minimum Gasteiger partial charge on any atom is -0.353 e. The maximum absolute atomic E-state index is 12.9. The lowest BCUT2D eigenvalue weighted by Crippen LogP contribution is -2.28. The molecule has 164 valence electrons. The van der Waals surface area contributed by atoms with E-state index in [1.54, 1.807) is 0 Å². The van der Waals surface area contributed by atoms with Crippen molar-refractivity contribution >= 4 is 5.78 Å². The lowest BCUT2D eigenvalue weighted by molar-refractivity contribution is -0.190. The lowest BCUT2D eigenvalue weighted by atomic mass is 9.79. The van der Waals surface area contributed by atoms with Crippen molar-refractivity contribution in [2.75, 3.05) is 6.61 Å². The third-order valence-corrected chi connectivity index (χ3v) is 7.32. The zero-order valence-corrected chi connectivity index (χ0v) is 18.9. The van der Waals surface area contributed by atoms with E-state index in [4.69, 9.17) is 9.47 Å². The summed E-state index contributed by atoms with van der Waals surface area (Å²) in [6.07, 6.45) is 12.8. The van der Waals surface area contributed by atoms with Crippen molar-refractivity contribution in [3.8, 4) is 0 Å². The van der Waals surface area contributed by atoms with Gasteiger partial charge in [0.1, 0.15) is 0 Å². The first-order valence-corrected chi connectivity index (χ1v) is 12.2. The Balaban J connectivity index is 1.43. The molecule has 0 radical (unpaired) electrons. The number of unbranched alkanes of at least 4 members (excludes halogenated alkanes) is 2. The van der Waals surface area contributed by atoms with Gasteiger partial charge in [0.05, 0.1) is 6.10 Å². The summed E-state index contributed by atoms with van der Waals surface area (Å²) in [6.45, 7) is 5.27. The zero-order chi connectivity index (χ0) is 20.9. The standard InChI is InChI=1S/C27H38O3/c1-3-4-5-11-22(30-27-12-6-7-15-29-27)13-14-23-25-16-20-10-8-9-19(2)24(20)17-21(25)18-26(23)28/h8-10,21-22,27H,3-7,11-18H2,1-2H3/t21?,22-,27?/m0/s1. The smallest absolute Gasteiger partial charge is 0.159 e. The number of hydrogen-bond acceptors (Lipinski definition) is 3. The van der Waals surface area contributed by atoms with Gasteiger partial charge in [-0.15, -0.1) is 0 Å². The van der Waals surface area contributed by atoms with Crippen LogP contribution in [0.25, 0.3) is 0 Å². The molecule has 0 amide bonds. The van der Waals surface area contributed by atoms with Crippen LogP contribution in [0.5, 0.6) is 0 Å². The van der Waals surface area contributed by atoms with E-state index in [-0.39, 0.29) is 12.4 Å². The number of carbonyl (C=O) groups is 1. The number of hydrogen-bond donors (Lipinski definition) is 0. The lowest BCUT2D eigenvalue weighted by Gasteiger charge is -2.28. The summed E-state index contributed by atoms with van der Waals surface area (Å²) in [6, 6.07) is 6.62. The molecule has 1 aromatic rings. The van der Waals surface area contributed by atoms with Crippen LogP contribution < -0.4 is 0 Å². The topological polar surface area (TPSA) is 35.5 Å². The van der Waals surface area contributed by atoms with Crippen LogP contribution in [0, 0.1) is 12.8 Å². The van der Waals surface area contributed by atoms with Gasteiger partial charge in [-0.1, -0.05) is 50.0 Å². The number of ketones is 1. The van der Waals surface area contributed by atoms with Gasteiger partial charge in [0.2, 0.25) is 0 Å². The predicted molar refractivity (Wildman–Crippen MR) is 121 cm³/mol. The number of aryl methyl sites for hydroxylation is 1. The zero-order valence-electron chi connectivity index (χ0n) is 18.9. The highest BCUT2D eigenvalue weighted by atomic mass is 16.7. The molecule has 4 rings (SSSR count). The summed E-state index contributed by atoms with van der Waals surface area (Å²) in [5.74, 6) is 0.823. The molecule has 0 aromatic heterocycles. The number of rotatable bonds is 9. The van der Waals surface area contributed by atoms with Crippen molar-refractivity contribution in [2.24, 2.45) is 5.92 Å². The van der Waals surface area contributed by atoms with Crippen LogP contribution in [0.3, 0.4) is 0 Å². The van der Waals surface area contributed by atoms with Crippen molar-refractivity contribution in [3.05, 3.63) is 46.0 Å². The Bertz CT molecular complexity index is 772. The van der Waals surface area contributed by atoms with Gasteiger partial charge >= 0.3 is 0 Å². The fourth-order valence-electron chi connectivity index (χ4n) is 5.56. The molecule has 1 heterocycles. The second-order valence-electron chi connectivity index (χ2n) is 9.51. The van der Waals surface area contributed by atoms with Gasteiger partial charge < -0.3 is 9.47 Å². The predicted octanol–water partition coefficient (Wildman–Crippen LogP) is 6.25. The van der Waals surface area contributed by atoms with Crippen LogP contribution in [0.15, 0.2) is 29.3 Å². The molecule has 1 aliphatic heterocycles. The Labute approximate surface area is 182 Å². The molecular formula is C27H38O3. The summed E-state index contributed by atoms with van der Waals surface area (Å²) >= 11 is 0. The Morgan fingerprint density at radius 2 is 2.07 bits per heavy atom. The number of benzene rings is 1. The highest BCUT2D eigenvalue weighted by Crippen LogP contribution is 2.42. The number of fused-ring (bicyclic) bond motifs is 2. The van der Waals surface area contributed by atoms with Crippen LogP contribution in [0.2, 0.25) is 0 Å². The fraction of sp³-hybridized carbons (Fsp3) is 0.667. The number of carbonyl (C=O) groups excluding carboxylic acids is 1. The Morgan fingerprint density at radius 3 is 2.87 bits per heavy atom. The van der Waals surface area contributed by atoms with Gasteiger partial charge in [0.25, 0.3) is 0 Å². The van der Waals surface area contributed by atoms with Crippen molar-refractivity contribution in [1.82, 2.24) is 0 Å². The van der Waals surface area contributed by atoms with Crippen LogP contribution in [-0.2, 0) is 27.1 Å². The minimum absolute atomic E-state index is 0.0420. The first-order chi connectivity index (χ1) is 14.7. The monoisotopic (exact) mass is 410 g/mol. The maximum atomic E-state index is 12.9. The molecule has 1 fully saturated rings. The van der Waals surface area contributed by atoms with Crippen LogP contribution in [0.4, 0.5) is 0 Å². The Morgan fingerprint density at radius 1 is 1.17 bits per heavy atom. The summed E-state index contributed by atoms with van der Waals surface area (Å²) in [7, 11) is 0. The van der Waals surface area contributed by atoms with Gasteiger partial charge in [0.15, 0.2) is 12.1 Å². The molecule has 1 aromatic carbocycles. The van der Waals surface area contributed by atoms with Crippen molar-refractivity contribution in [2.45, 2.75) is 103 Å². The Kier molecular flexibility index (Phi) is 7.43. The quantitative estimate of drug-likeness (QED) is 0.451. The average Bonchev–Trinajstić information content (AvgIpc) is 3.06. The molecule has 2 unspecified atom stereocenters. The average molecular weight is 411 g/mol.